The lowest BCUT2D eigenvalue weighted by atomic mass is 9.86. The van der Waals surface area contributed by atoms with Crippen LogP contribution in [-0.2, 0) is 57.2 Å². The minimum absolute atomic E-state index is 0.105. The number of Topliss-reactive ketones (excluding diaryl/α,β-unsaturated/α-hetero) is 2. The van der Waals surface area contributed by atoms with E-state index in [9.17, 15) is 79.5 Å². The van der Waals surface area contributed by atoms with Crippen LogP contribution in [-0.4, -0.2) is 232 Å². The van der Waals surface area contributed by atoms with E-state index in [1.165, 1.54) is 6.92 Å². The number of ketones is 2. The summed E-state index contributed by atoms with van der Waals surface area (Å²) in [5.41, 5.74) is 0. The lowest BCUT2D eigenvalue weighted by molar-refractivity contribution is -0.282. The second-order valence-corrected chi connectivity index (χ2v) is 26.8. The smallest absolute Gasteiger partial charge is 0.223 e. The van der Waals surface area contributed by atoms with Gasteiger partial charge in [0.05, 0.1) is 62.9 Å². The minimum Gasteiger partial charge on any atom is -0.394 e. The fraction of sp³-hybridized carbons (Fsp3) is 0.900. The van der Waals surface area contributed by atoms with Crippen molar-refractivity contribution in [2.75, 3.05) is 59.8 Å². The molecule has 0 radical (unpaired) electrons. The third-order valence-corrected chi connectivity index (χ3v) is 17.7. The molecule has 17 atom stereocenters. The Balaban J connectivity index is 0.00000738. The highest BCUT2D eigenvalue weighted by molar-refractivity contribution is 5.92. The number of rotatable bonds is 49. The third kappa shape index (κ3) is 37.5. The molecule has 5 amide bonds. The van der Waals surface area contributed by atoms with Crippen LogP contribution in [0.5, 0.6) is 0 Å². The fourth-order valence-corrected chi connectivity index (χ4v) is 11.9. The molecule has 3 fully saturated rings. The van der Waals surface area contributed by atoms with Crippen molar-refractivity contribution in [3.8, 4) is 0 Å². The SMILES string of the molecule is CC.CC(C)C.COCCC(=O)CCCCCNC(=O)C(CCCCNC(=O)CCCCCC[C@@H]1OC(CO)[C@H](O)[C@H](O)C1NC(C)=O)CC(=O)C(CCCCNC(=O)CCCCCC[C@@H]1OC(CO)[C@H](O)[C@H](O)C1C)NC(=O)CCCCCO[C@@H]1OC(CO)[C@H](O)[C@H](O)C1C. The monoisotopic (exact) mass is 1380 g/mol. The topological polar surface area (TPSA) is 408 Å². The van der Waals surface area contributed by atoms with Gasteiger partial charge in [-0.1, -0.05) is 106 Å². The van der Waals surface area contributed by atoms with Gasteiger partial charge < -0.3 is 96.2 Å². The summed E-state index contributed by atoms with van der Waals surface area (Å²) < 4.78 is 28.1. The molecule has 96 heavy (non-hydrogen) atoms. The molecule has 8 unspecified atom stereocenters. The van der Waals surface area contributed by atoms with Crippen LogP contribution in [0.4, 0.5) is 0 Å². The maximum atomic E-state index is 14.4. The van der Waals surface area contributed by atoms with Crippen molar-refractivity contribution in [1.82, 2.24) is 26.6 Å². The number of carbonyl (C=O) groups is 7. The van der Waals surface area contributed by atoms with Crippen molar-refractivity contribution in [2.24, 2.45) is 23.7 Å². The van der Waals surface area contributed by atoms with Crippen molar-refractivity contribution in [2.45, 2.75) is 321 Å². The van der Waals surface area contributed by atoms with Crippen LogP contribution >= 0.6 is 0 Å². The number of nitrogens with one attached hydrogen (secondary N) is 5. The third-order valence-electron chi connectivity index (χ3n) is 17.7. The number of unbranched alkanes of at least 4 members (excludes halogenated alkanes) is 12. The molecule has 3 heterocycles. The highest BCUT2D eigenvalue weighted by Crippen LogP contribution is 2.31. The van der Waals surface area contributed by atoms with E-state index in [1.807, 2.05) is 20.8 Å². The Morgan fingerprint density at radius 3 is 1.47 bits per heavy atom. The van der Waals surface area contributed by atoms with E-state index in [4.69, 9.17) is 23.7 Å². The first-order chi connectivity index (χ1) is 45.9. The lowest BCUT2D eigenvalue weighted by Crippen LogP contribution is -2.63. The van der Waals surface area contributed by atoms with Crippen molar-refractivity contribution in [3.05, 3.63) is 0 Å². The number of aliphatic hydroxyl groups is 9. The molecule has 0 saturated carbocycles. The lowest BCUT2D eigenvalue weighted by Gasteiger charge is -2.42. The average Bonchev–Trinajstić information content (AvgIpc) is 0.830. The van der Waals surface area contributed by atoms with Crippen LogP contribution in [0.2, 0.25) is 0 Å². The maximum Gasteiger partial charge on any atom is 0.223 e. The summed E-state index contributed by atoms with van der Waals surface area (Å²) in [4.78, 5) is 91.4. The van der Waals surface area contributed by atoms with Crippen LogP contribution in [0.15, 0.2) is 0 Å². The molecule has 26 heteroatoms. The summed E-state index contributed by atoms with van der Waals surface area (Å²) in [6, 6.07) is -1.75. The van der Waals surface area contributed by atoms with Crippen LogP contribution in [0, 0.1) is 23.7 Å². The standard InChI is InChI=1S/C64H115N5O21.C4H10.C2H6/c1-41-48(88-50(38-70)59(81)57(41)79)26-12-5-7-14-28-54(77)66-33-21-18-25-46(69-55(78)30-16-10-22-35-87-64-42(2)58(80)60(82)52(40-72)90-64)47(75)37-44(63(85)67-34-19-9-11-24-45(74)31-36-86-4)23-17-20-32-65-53(76)29-15-8-6-13-27-49-56(68-43(3)73)62(84)61(83)51(39-71)89-49;1-4(2)3;1-2/h41-42,44,46,48-52,56-62,64,70-72,79-84H,5-40H2,1-4H3,(H,65,76)(H,66,77)(H,67,85)(H,68,73)(H,69,78);4H,1-3H3;1-2H3/t41?,42?,44?,46?,48-,49-,50?,51?,52?,56?,57+,58+,59-,60-,61-,62+,64+;;/m0../s1. The Morgan fingerprint density at radius 2 is 0.917 bits per heavy atom. The Morgan fingerprint density at radius 1 is 0.469 bits per heavy atom. The van der Waals surface area contributed by atoms with Crippen LogP contribution in [0.1, 0.15) is 235 Å². The molecule has 0 spiro atoms. The summed E-state index contributed by atoms with van der Waals surface area (Å²) in [5.74, 6) is -2.22. The van der Waals surface area contributed by atoms with Gasteiger partial charge in [0.25, 0.3) is 0 Å². The van der Waals surface area contributed by atoms with Gasteiger partial charge in [0.1, 0.15) is 48.5 Å². The zero-order valence-corrected chi connectivity index (χ0v) is 59.8. The zero-order valence-electron chi connectivity index (χ0n) is 59.8. The average molecular weight is 1380 g/mol. The van der Waals surface area contributed by atoms with Gasteiger partial charge in [0, 0.05) is 96.6 Å². The zero-order chi connectivity index (χ0) is 72.0. The second kappa shape index (κ2) is 54.0. The number of amides is 5. The van der Waals surface area contributed by atoms with Gasteiger partial charge in [-0.15, -0.1) is 0 Å². The van der Waals surface area contributed by atoms with Crippen LogP contribution < -0.4 is 26.6 Å². The summed E-state index contributed by atoms with van der Waals surface area (Å²) in [6.45, 7) is 15.6. The Labute approximate surface area is 573 Å². The van der Waals surface area contributed by atoms with Gasteiger partial charge in [0.15, 0.2) is 12.1 Å². The largest absolute Gasteiger partial charge is 0.394 e. The highest BCUT2D eigenvalue weighted by atomic mass is 16.7. The molecule has 0 aromatic heterocycles. The van der Waals surface area contributed by atoms with Crippen molar-refractivity contribution in [1.29, 1.82) is 0 Å². The van der Waals surface area contributed by atoms with Gasteiger partial charge in [-0.25, -0.2) is 0 Å². The molecule has 0 aliphatic carbocycles. The molecule has 3 aliphatic heterocycles. The van der Waals surface area contributed by atoms with Gasteiger partial charge in [-0.3, -0.25) is 33.6 Å². The molecule has 0 aromatic rings. The quantitative estimate of drug-likeness (QED) is 0.0382. The summed E-state index contributed by atoms with van der Waals surface area (Å²) >= 11 is 0. The highest BCUT2D eigenvalue weighted by Gasteiger charge is 2.45. The predicted octanol–water partition coefficient (Wildman–Crippen LogP) is 4.03. The molecule has 0 bridgehead atoms. The fourth-order valence-electron chi connectivity index (χ4n) is 11.9. The number of hydrogen-bond acceptors (Lipinski definition) is 21. The van der Waals surface area contributed by atoms with Crippen molar-refractivity contribution in [3.63, 3.8) is 0 Å². The number of ether oxygens (including phenoxy) is 5. The van der Waals surface area contributed by atoms with Crippen LogP contribution in [0.25, 0.3) is 0 Å². The first kappa shape index (κ1) is 90.1. The molecule has 14 N–H and O–H groups in total. The van der Waals surface area contributed by atoms with Gasteiger partial charge in [-0.2, -0.15) is 0 Å². The summed E-state index contributed by atoms with van der Waals surface area (Å²) in [6.07, 6.45) is 2.80. The molecule has 0 aromatic carbocycles. The molecule has 3 saturated heterocycles. The summed E-state index contributed by atoms with van der Waals surface area (Å²) in [7, 11) is 1.54. The number of aliphatic hydroxyl groups excluding tert-OH is 9. The van der Waals surface area contributed by atoms with Gasteiger partial charge in [0.2, 0.25) is 29.5 Å². The first-order valence-electron chi connectivity index (χ1n) is 36.3. The van der Waals surface area contributed by atoms with E-state index in [1.54, 1.807) is 14.0 Å². The van der Waals surface area contributed by atoms with E-state index in [0.717, 1.165) is 38.0 Å². The normalized spacial score (nSPS) is 26.2. The summed E-state index contributed by atoms with van der Waals surface area (Å²) in [5, 5.41) is 105. The predicted molar refractivity (Wildman–Crippen MR) is 363 cm³/mol. The molecule has 3 rings (SSSR count). The Kier molecular flexibility index (Phi) is 50.7. The molecule has 26 nitrogen and oxygen atoms in total. The molecular formula is C70H131N5O21. The van der Waals surface area contributed by atoms with E-state index in [0.29, 0.717) is 148 Å². The van der Waals surface area contributed by atoms with E-state index in [-0.39, 0.29) is 92.0 Å². The Hall–Kier alpha value is -3.87. The minimum atomic E-state index is -1.35. The van der Waals surface area contributed by atoms with Gasteiger partial charge in [-0.05, 0) is 89.4 Å². The number of carbonyl (C=O) groups excluding carboxylic acids is 7. The second-order valence-electron chi connectivity index (χ2n) is 26.8. The van der Waals surface area contributed by atoms with Gasteiger partial charge >= 0.3 is 0 Å². The van der Waals surface area contributed by atoms with Crippen LogP contribution in [0.3, 0.4) is 0 Å². The van der Waals surface area contributed by atoms with E-state index < -0.39 is 104 Å². The molecule has 3 aliphatic rings. The van der Waals surface area contributed by atoms with E-state index in [2.05, 4.69) is 47.4 Å². The number of methoxy groups -OCH3 is 1. The van der Waals surface area contributed by atoms with Crippen molar-refractivity contribution >= 4 is 41.1 Å². The number of hydrogen-bond donors (Lipinski definition) is 14. The molecular weight excluding hydrogens is 1250 g/mol. The van der Waals surface area contributed by atoms with E-state index >= 15 is 0 Å². The molecule has 562 valence electrons. The maximum absolute atomic E-state index is 14.4. The van der Waals surface area contributed by atoms with Crippen molar-refractivity contribution < 1.29 is 103 Å². The Bertz CT molecular complexity index is 2090. The first-order valence-corrected chi connectivity index (χ1v) is 36.3.